The second-order valence-corrected chi connectivity index (χ2v) is 6.50. The molecule has 0 aliphatic carbocycles. The van der Waals surface area contributed by atoms with E-state index in [1.807, 2.05) is 24.3 Å². The van der Waals surface area contributed by atoms with Crippen molar-refractivity contribution in [2.45, 2.75) is 6.42 Å². The molecule has 0 saturated heterocycles. The third-order valence-electron chi connectivity index (χ3n) is 4.30. The molecule has 0 radical (unpaired) electrons. The first-order chi connectivity index (χ1) is 13.9. The van der Waals surface area contributed by atoms with Gasteiger partial charge in [-0.25, -0.2) is 4.39 Å². The van der Waals surface area contributed by atoms with Crippen LogP contribution in [0.4, 0.5) is 10.1 Å². The number of anilines is 1. The van der Waals surface area contributed by atoms with Crippen LogP contribution in [0, 0.1) is 5.82 Å². The van der Waals surface area contributed by atoms with Crippen molar-refractivity contribution in [1.29, 1.82) is 0 Å². The van der Waals surface area contributed by atoms with Crippen molar-refractivity contribution in [2.24, 2.45) is 0 Å². The highest BCUT2D eigenvalue weighted by Crippen LogP contribution is 2.18. The molecule has 3 rings (SSSR count). The van der Waals surface area contributed by atoms with Gasteiger partial charge in [-0.15, -0.1) is 0 Å². The molecule has 150 valence electrons. The van der Waals surface area contributed by atoms with Crippen molar-refractivity contribution < 1.29 is 23.5 Å². The molecule has 3 aromatic rings. The first kappa shape index (κ1) is 20.1. The average Bonchev–Trinajstić information content (AvgIpc) is 3.10. The number of H-pyrrole nitrogens is 1. The maximum absolute atomic E-state index is 12.9. The van der Waals surface area contributed by atoms with E-state index in [9.17, 15) is 18.8 Å². The molecular weight excluding hydrogens is 377 g/mol. The minimum atomic E-state index is -0.535. The van der Waals surface area contributed by atoms with Gasteiger partial charge in [-0.3, -0.25) is 14.4 Å². The number of carbonyl (C=O) groups excluding carboxylic acids is 3. The van der Waals surface area contributed by atoms with E-state index in [1.165, 1.54) is 31.3 Å². The standard InChI is InChI=1S/C21H20FN3O4/c1-25(12-19(26)24-16-8-6-15(22)7-9-16)20(27)13-29-21(28)10-14-11-23-18-5-3-2-4-17(14)18/h2-9,11,23H,10,12-13H2,1H3,(H,24,26). The monoisotopic (exact) mass is 397 g/mol. The Balaban J connectivity index is 1.44. The van der Waals surface area contributed by atoms with Gasteiger partial charge in [-0.05, 0) is 35.9 Å². The maximum Gasteiger partial charge on any atom is 0.310 e. The SMILES string of the molecule is CN(CC(=O)Nc1ccc(F)cc1)C(=O)COC(=O)Cc1c[nH]c2ccccc12. The van der Waals surface area contributed by atoms with E-state index in [2.05, 4.69) is 10.3 Å². The number of aromatic nitrogens is 1. The van der Waals surface area contributed by atoms with E-state index in [-0.39, 0.29) is 13.0 Å². The summed E-state index contributed by atoms with van der Waals surface area (Å²) in [4.78, 5) is 40.4. The van der Waals surface area contributed by atoms with Crippen molar-refractivity contribution >= 4 is 34.4 Å². The number of hydrogen-bond donors (Lipinski definition) is 2. The molecule has 0 unspecified atom stereocenters. The van der Waals surface area contributed by atoms with Crippen molar-refractivity contribution in [1.82, 2.24) is 9.88 Å². The van der Waals surface area contributed by atoms with Crippen LogP contribution < -0.4 is 5.32 Å². The summed E-state index contributed by atoms with van der Waals surface area (Å²) in [5, 5.41) is 3.48. The van der Waals surface area contributed by atoms with Crippen LogP contribution in [0.5, 0.6) is 0 Å². The topological polar surface area (TPSA) is 91.5 Å². The minimum absolute atomic E-state index is 0.0338. The van der Waals surface area contributed by atoms with Gasteiger partial charge in [-0.2, -0.15) is 0 Å². The molecule has 1 aromatic heterocycles. The third-order valence-corrected chi connectivity index (χ3v) is 4.30. The number of nitrogens with one attached hydrogen (secondary N) is 2. The van der Waals surface area contributed by atoms with Crippen molar-refractivity contribution in [3.05, 3.63) is 66.1 Å². The van der Waals surface area contributed by atoms with E-state index in [0.29, 0.717) is 5.69 Å². The van der Waals surface area contributed by atoms with Gasteiger partial charge in [0.1, 0.15) is 5.82 Å². The molecule has 8 heteroatoms. The zero-order valence-electron chi connectivity index (χ0n) is 15.8. The van der Waals surface area contributed by atoms with E-state index in [4.69, 9.17) is 4.74 Å². The zero-order valence-corrected chi connectivity index (χ0v) is 15.8. The third kappa shape index (κ3) is 5.41. The Hall–Kier alpha value is -3.68. The predicted octanol–water partition coefficient (Wildman–Crippen LogP) is 2.49. The minimum Gasteiger partial charge on any atom is -0.455 e. The predicted molar refractivity (Wildman–Crippen MR) is 106 cm³/mol. The highest BCUT2D eigenvalue weighted by molar-refractivity contribution is 5.95. The lowest BCUT2D eigenvalue weighted by atomic mass is 10.1. The molecule has 2 aromatic carbocycles. The summed E-state index contributed by atoms with van der Waals surface area (Å²) in [6.45, 7) is -0.683. The molecule has 0 spiro atoms. The van der Waals surface area contributed by atoms with Gasteiger partial charge >= 0.3 is 5.97 Å². The van der Waals surface area contributed by atoms with Gasteiger partial charge in [0.25, 0.3) is 5.91 Å². The summed E-state index contributed by atoms with van der Waals surface area (Å²) in [6.07, 6.45) is 1.77. The fourth-order valence-electron chi connectivity index (χ4n) is 2.77. The van der Waals surface area contributed by atoms with Gasteiger partial charge in [0.05, 0.1) is 13.0 Å². The summed E-state index contributed by atoms with van der Waals surface area (Å²) in [6, 6.07) is 12.8. The number of fused-ring (bicyclic) bond motifs is 1. The number of nitrogens with zero attached hydrogens (tertiary/aromatic N) is 1. The van der Waals surface area contributed by atoms with E-state index >= 15 is 0 Å². The van der Waals surface area contributed by atoms with Crippen LogP contribution in [0.15, 0.2) is 54.7 Å². The number of carbonyl (C=O) groups is 3. The van der Waals surface area contributed by atoms with Gasteiger partial charge in [0.2, 0.25) is 5.91 Å². The molecule has 1 heterocycles. The molecule has 2 amide bonds. The second-order valence-electron chi connectivity index (χ2n) is 6.50. The molecule has 0 saturated carbocycles. The molecular formula is C21H20FN3O4. The van der Waals surface area contributed by atoms with Crippen LogP contribution in [0.25, 0.3) is 10.9 Å². The van der Waals surface area contributed by atoms with Crippen LogP contribution in [0.2, 0.25) is 0 Å². The number of para-hydroxylation sites is 1. The summed E-state index contributed by atoms with van der Waals surface area (Å²) < 4.78 is 17.9. The fourth-order valence-corrected chi connectivity index (χ4v) is 2.77. The molecule has 0 atom stereocenters. The van der Waals surface area contributed by atoms with Crippen molar-refractivity contribution in [3.8, 4) is 0 Å². The average molecular weight is 397 g/mol. The van der Waals surface area contributed by atoms with Crippen LogP contribution in [-0.2, 0) is 25.5 Å². The van der Waals surface area contributed by atoms with Crippen LogP contribution in [0.1, 0.15) is 5.56 Å². The first-order valence-corrected chi connectivity index (χ1v) is 8.92. The number of ether oxygens (including phenoxy) is 1. The Morgan fingerprint density at radius 2 is 1.83 bits per heavy atom. The Morgan fingerprint density at radius 3 is 2.59 bits per heavy atom. The summed E-state index contributed by atoms with van der Waals surface area (Å²) in [7, 11) is 1.43. The number of rotatable bonds is 7. The van der Waals surface area contributed by atoms with Gasteiger partial charge in [0.15, 0.2) is 6.61 Å². The number of amides is 2. The molecule has 2 N–H and O–H groups in total. The van der Waals surface area contributed by atoms with Crippen LogP contribution in [0.3, 0.4) is 0 Å². The Kier molecular flexibility index (Phi) is 6.23. The van der Waals surface area contributed by atoms with Gasteiger partial charge in [0, 0.05) is 29.8 Å². The highest BCUT2D eigenvalue weighted by atomic mass is 19.1. The lowest BCUT2D eigenvalue weighted by molar-refractivity contribution is -0.151. The van der Waals surface area contributed by atoms with Crippen molar-refractivity contribution in [2.75, 3.05) is 25.5 Å². The maximum atomic E-state index is 12.9. The lowest BCUT2D eigenvalue weighted by Gasteiger charge is -2.16. The second kappa shape index (κ2) is 9.01. The Bertz CT molecular complexity index is 1030. The van der Waals surface area contributed by atoms with Gasteiger partial charge in [-0.1, -0.05) is 18.2 Å². The number of esters is 1. The molecule has 0 aliphatic rings. The highest BCUT2D eigenvalue weighted by Gasteiger charge is 2.16. The molecule has 0 bridgehead atoms. The molecule has 29 heavy (non-hydrogen) atoms. The normalized spacial score (nSPS) is 10.6. The largest absolute Gasteiger partial charge is 0.455 e. The summed E-state index contributed by atoms with van der Waals surface area (Å²) >= 11 is 0. The van der Waals surface area contributed by atoms with Crippen LogP contribution >= 0.6 is 0 Å². The summed E-state index contributed by atoms with van der Waals surface area (Å²) in [5.74, 6) is -1.90. The fraction of sp³-hybridized carbons (Fsp3) is 0.190. The lowest BCUT2D eigenvalue weighted by Crippen LogP contribution is -2.37. The van der Waals surface area contributed by atoms with Crippen LogP contribution in [-0.4, -0.2) is 47.9 Å². The Morgan fingerprint density at radius 1 is 1.10 bits per heavy atom. The number of hydrogen-bond acceptors (Lipinski definition) is 4. The number of likely N-dealkylation sites (N-methyl/N-ethyl adjacent to an activating group) is 1. The van der Waals surface area contributed by atoms with E-state index in [0.717, 1.165) is 21.4 Å². The molecule has 7 nitrogen and oxygen atoms in total. The van der Waals surface area contributed by atoms with E-state index in [1.54, 1.807) is 6.20 Å². The smallest absolute Gasteiger partial charge is 0.310 e. The molecule has 0 fully saturated rings. The molecule has 0 aliphatic heterocycles. The van der Waals surface area contributed by atoms with Crippen molar-refractivity contribution in [3.63, 3.8) is 0 Å². The number of benzene rings is 2. The number of halogens is 1. The number of aromatic amines is 1. The van der Waals surface area contributed by atoms with Gasteiger partial charge < -0.3 is 19.9 Å². The quantitative estimate of drug-likeness (QED) is 0.599. The zero-order chi connectivity index (χ0) is 20.8. The van der Waals surface area contributed by atoms with E-state index < -0.39 is 30.2 Å². The first-order valence-electron chi connectivity index (χ1n) is 8.92. The summed E-state index contributed by atoms with van der Waals surface area (Å²) in [5.41, 5.74) is 2.12. The Labute approximate surface area is 166 Å².